The van der Waals surface area contributed by atoms with Crippen LogP contribution in [0, 0.1) is 30.6 Å². The molecule has 1 amide bonds. The van der Waals surface area contributed by atoms with E-state index in [1.54, 1.807) is 36.9 Å². The highest BCUT2D eigenvalue weighted by Gasteiger charge is 2.33. The Bertz CT molecular complexity index is 1200. The lowest BCUT2D eigenvalue weighted by Crippen LogP contribution is -2.48. The summed E-state index contributed by atoms with van der Waals surface area (Å²) in [5, 5.41) is 17.5. The summed E-state index contributed by atoms with van der Waals surface area (Å²) in [7, 11) is 0. The Labute approximate surface area is 202 Å². The minimum Gasteiger partial charge on any atom is -0.400 e. The average Bonchev–Trinajstić information content (AvgIpc) is 2.76. The Morgan fingerprint density at radius 3 is 2.34 bits per heavy atom. The molecule has 0 atom stereocenters. The fraction of sp³-hybridized carbons (Fsp3) is 0.346. The third kappa shape index (κ3) is 6.08. The van der Waals surface area contributed by atoms with Gasteiger partial charge in [-0.15, -0.1) is 0 Å². The molecule has 0 aliphatic carbocycles. The van der Waals surface area contributed by atoms with E-state index in [-0.39, 0.29) is 23.2 Å². The summed E-state index contributed by atoms with van der Waals surface area (Å²) in [5.41, 5.74) is 10.4. The van der Waals surface area contributed by atoms with E-state index in [4.69, 9.17) is 16.4 Å². The average molecular weight is 485 g/mol. The number of nitrogens with zero attached hydrogens (tertiary/aromatic N) is 2. The lowest BCUT2D eigenvalue weighted by Gasteiger charge is -2.40. The smallest absolute Gasteiger partial charge is 0.400 e. The first-order valence-electron chi connectivity index (χ1n) is 11.0. The number of benzene rings is 2. The Kier molecular flexibility index (Phi) is 7.66. The van der Waals surface area contributed by atoms with Crippen LogP contribution < -0.4 is 5.73 Å². The van der Waals surface area contributed by atoms with Crippen LogP contribution >= 0.6 is 0 Å². The van der Waals surface area contributed by atoms with E-state index in [0.717, 1.165) is 16.7 Å². The zero-order chi connectivity index (χ0) is 25.9. The molecule has 0 unspecified atom stereocenters. The van der Waals surface area contributed by atoms with Crippen LogP contribution in [0.5, 0.6) is 0 Å². The summed E-state index contributed by atoms with van der Waals surface area (Å²) in [6.07, 6.45) is -4.46. The molecule has 1 heterocycles. The highest BCUT2D eigenvalue weighted by atomic mass is 19.4. The van der Waals surface area contributed by atoms with E-state index in [1.807, 2.05) is 25.1 Å². The molecule has 2 aromatic carbocycles. The van der Waals surface area contributed by atoms with Gasteiger partial charge in [0, 0.05) is 35.8 Å². The molecule has 1 aliphatic rings. The molecule has 0 radical (unpaired) electrons. The molecular weight excluding hydrogens is 457 g/mol. The maximum atomic E-state index is 13.2. The van der Waals surface area contributed by atoms with Crippen molar-refractivity contribution in [2.45, 2.75) is 32.9 Å². The third-order valence-electron chi connectivity index (χ3n) is 6.13. The molecule has 184 valence electrons. The number of alkyl halides is 3. The number of hydrogen-bond donors (Lipinski definition) is 2. The molecule has 0 saturated carbocycles. The van der Waals surface area contributed by atoms with Crippen molar-refractivity contribution >= 4 is 11.6 Å². The van der Waals surface area contributed by atoms with Crippen LogP contribution in [0.3, 0.4) is 0 Å². The van der Waals surface area contributed by atoms with Crippen LogP contribution in [0.15, 0.2) is 47.7 Å². The van der Waals surface area contributed by atoms with E-state index in [1.165, 1.54) is 0 Å². The highest BCUT2D eigenvalue weighted by molar-refractivity contribution is 6.12. The number of rotatable bonds is 7. The second kappa shape index (κ2) is 10.3. The van der Waals surface area contributed by atoms with E-state index in [9.17, 15) is 18.0 Å². The molecule has 9 heteroatoms. The Balaban J connectivity index is 1.73. The first-order valence-corrected chi connectivity index (χ1v) is 11.0. The van der Waals surface area contributed by atoms with Gasteiger partial charge in [-0.2, -0.15) is 18.4 Å². The summed E-state index contributed by atoms with van der Waals surface area (Å²) in [6, 6.07) is 12.9. The Morgan fingerprint density at radius 2 is 1.77 bits per heavy atom. The molecule has 2 aromatic rings. The van der Waals surface area contributed by atoms with E-state index in [0.29, 0.717) is 35.4 Å². The number of likely N-dealkylation sites (tertiary alicyclic amines) is 1. The molecule has 3 N–H and O–H groups in total. The molecule has 6 nitrogen and oxygen atoms in total. The third-order valence-corrected chi connectivity index (χ3v) is 6.13. The predicted octanol–water partition coefficient (Wildman–Crippen LogP) is 4.59. The van der Waals surface area contributed by atoms with Gasteiger partial charge < -0.3 is 15.4 Å². The van der Waals surface area contributed by atoms with Crippen molar-refractivity contribution in [3.8, 4) is 6.07 Å². The first kappa shape index (κ1) is 26.0. The number of nitriles is 1. The minimum atomic E-state index is -4.46. The predicted molar refractivity (Wildman–Crippen MR) is 126 cm³/mol. The molecule has 1 aliphatic heterocycles. The van der Waals surface area contributed by atoms with Gasteiger partial charge in [0.2, 0.25) is 0 Å². The maximum absolute atomic E-state index is 13.2. The zero-order valence-corrected chi connectivity index (χ0v) is 19.8. The summed E-state index contributed by atoms with van der Waals surface area (Å²) < 4.78 is 41.6. The van der Waals surface area contributed by atoms with Crippen molar-refractivity contribution in [1.29, 1.82) is 10.7 Å². The summed E-state index contributed by atoms with van der Waals surface area (Å²) in [4.78, 5) is 14.9. The van der Waals surface area contributed by atoms with E-state index >= 15 is 0 Å². The highest BCUT2D eigenvalue weighted by Crippen LogP contribution is 2.30. The second-order valence-corrected chi connectivity index (χ2v) is 8.76. The van der Waals surface area contributed by atoms with Gasteiger partial charge in [0.1, 0.15) is 6.61 Å². The lowest BCUT2D eigenvalue weighted by atomic mass is 9.89. The van der Waals surface area contributed by atoms with Crippen molar-refractivity contribution in [1.82, 2.24) is 4.90 Å². The summed E-state index contributed by atoms with van der Waals surface area (Å²) in [6.45, 7) is 4.41. The largest absolute Gasteiger partial charge is 0.411 e. The van der Waals surface area contributed by atoms with Gasteiger partial charge in [-0.3, -0.25) is 10.2 Å². The summed E-state index contributed by atoms with van der Waals surface area (Å²) >= 11 is 0. The number of carbonyl (C=O) groups excluding carboxylic acids is 1. The molecule has 3 rings (SSSR count). The van der Waals surface area contributed by atoms with E-state index in [2.05, 4.69) is 10.8 Å². The van der Waals surface area contributed by atoms with Crippen LogP contribution in [0.2, 0.25) is 0 Å². The molecule has 0 bridgehead atoms. The standard InChI is InChI=1S/C26H27F3N4O2/c1-15-8-16(2)22(9-21(15)24(32)17(3)23(31)13-35-14-26(27,28)29)25(34)33-11-20(12-33)19-6-4-18(10-30)5-7-19/h4-9,20,32H,11-14,31H2,1-3H3. The number of amides is 1. The van der Waals surface area contributed by atoms with Gasteiger partial charge >= 0.3 is 6.18 Å². The minimum absolute atomic E-state index is 0.0279. The number of ether oxygens (including phenoxy) is 1. The van der Waals surface area contributed by atoms with Crippen molar-refractivity contribution in [2.75, 3.05) is 26.3 Å². The topological polar surface area (TPSA) is 103 Å². The molecule has 1 fully saturated rings. The number of hydrogen-bond acceptors (Lipinski definition) is 5. The number of allylic oxidation sites excluding steroid dienone is 1. The molecule has 1 saturated heterocycles. The van der Waals surface area contributed by atoms with Gasteiger partial charge in [0.25, 0.3) is 5.91 Å². The number of carbonyl (C=O) groups is 1. The number of halogens is 3. The van der Waals surface area contributed by atoms with Crippen LogP contribution in [0.1, 0.15) is 51.0 Å². The van der Waals surface area contributed by atoms with Gasteiger partial charge in [-0.25, -0.2) is 0 Å². The molecular formula is C26H27F3N4O2. The van der Waals surface area contributed by atoms with Gasteiger partial charge in [0.15, 0.2) is 0 Å². The lowest BCUT2D eigenvalue weighted by molar-refractivity contribution is -0.171. The van der Waals surface area contributed by atoms with Crippen LogP contribution in [-0.2, 0) is 4.74 Å². The quantitative estimate of drug-likeness (QED) is 0.561. The van der Waals surface area contributed by atoms with Crippen LogP contribution in [0.4, 0.5) is 13.2 Å². The SMILES string of the molecule is CC(C(=N)c1cc(C(=O)N2CC(c3ccc(C#N)cc3)C2)c(C)cc1C)=C(N)COCC(F)(F)F. The fourth-order valence-electron chi connectivity index (χ4n) is 3.95. The van der Waals surface area contributed by atoms with Crippen LogP contribution in [0.25, 0.3) is 0 Å². The van der Waals surface area contributed by atoms with Gasteiger partial charge in [0.05, 0.1) is 24.0 Å². The number of nitrogens with one attached hydrogen (secondary N) is 1. The first-order chi connectivity index (χ1) is 16.4. The fourth-order valence-corrected chi connectivity index (χ4v) is 3.95. The monoisotopic (exact) mass is 484 g/mol. The van der Waals surface area contributed by atoms with Gasteiger partial charge in [-0.05, 0) is 61.2 Å². The van der Waals surface area contributed by atoms with Crippen molar-refractivity contribution in [2.24, 2.45) is 5.73 Å². The second-order valence-electron chi connectivity index (χ2n) is 8.76. The normalized spacial score (nSPS) is 14.7. The maximum Gasteiger partial charge on any atom is 0.411 e. The Hall–Kier alpha value is -3.64. The number of nitrogens with two attached hydrogens (primary N) is 1. The van der Waals surface area contributed by atoms with Crippen molar-refractivity contribution in [3.63, 3.8) is 0 Å². The van der Waals surface area contributed by atoms with Crippen molar-refractivity contribution in [3.05, 3.63) is 81.0 Å². The molecule has 0 spiro atoms. The number of aryl methyl sites for hydroxylation is 2. The van der Waals surface area contributed by atoms with E-state index < -0.39 is 19.4 Å². The van der Waals surface area contributed by atoms with Crippen molar-refractivity contribution < 1.29 is 22.7 Å². The van der Waals surface area contributed by atoms with Crippen LogP contribution in [-0.4, -0.2) is 49.0 Å². The van der Waals surface area contributed by atoms with Gasteiger partial charge in [-0.1, -0.05) is 18.2 Å². The summed E-state index contributed by atoms with van der Waals surface area (Å²) in [5.74, 6) is 0.0430. The molecule has 35 heavy (non-hydrogen) atoms. The zero-order valence-electron chi connectivity index (χ0n) is 19.8. The Morgan fingerprint density at radius 1 is 1.17 bits per heavy atom. The molecule has 0 aromatic heterocycles.